The Bertz CT molecular complexity index is 582. The molecule has 1 heterocycles. The Balaban J connectivity index is 2.74. The van der Waals surface area contributed by atoms with Gasteiger partial charge in [-0.2, -0.15) is 0 Å². The first-order valence-corrected chi connectivity index (χ1v) is 7.30. The van der Waals surface area contributed by atoms with E-state index in [2.05, 4.69) is 0 Å². The molecule has 0 amide bonds. The molecular weight excluding hydrogens is 266 g/mol. The van der Waals surface area contributed by atoms with Crippen molar-refractivity contribution in [1.29, 1.82) is 0 Å². The second kappa shape index (κ2) is 4.10. The highest BCUT2D eigenvalue weighted by Crippen LogP contribution is 2.44. The van der Waals surface area contributed by atoms with Gasteiger partial charge in [0.15, 0.2) is 3.95 Å². The largest absolute Gasteiger partial charge is 0.323 e. The SMILES string of the molecule is CCn1c(=S)sc2ccc(S(O)(O)O)cc21. The Morgan fingerprint density at radius 3 is 2.62 bits per heavy atom. The maximum absolute atomic E-state index is 9.18. The van der Waals surface area contributed by atoms with Crippen LogP contribution in [0.4, 0.5) is 0 Å². The van der Waals surface area contributed by atoms with Crippen molar-refractivity contribution in [3.63, 3.8) is 0 Å². The molecule has 0 atom stereocenters. The fraction of sp³-hybridized carbons (Fsp3) is 0.222. The third-order valence-corrected chi connectivity index (χ3v) is 4.59. The van der Waals surface area contributed by atoms with Gasteiger partial charge in [0.2, 0.25) is 0 Å². The van der Waals surface area contributed by atoms with Crippen LogP contribution in [0.1, 0.15) is 6.92 Å². The zero-order valence-electron chi connectivity index (χ0n) is 8.45. The highest BCUT2D eigenvalue weighted by atomic mass is 32.3. The van der Waals surface area contributed by atoms with Gasteiger partial charge >= 0.3 is 0 Å². The molecule has 0 fully saturated rings. The zero-order valence-corrected chi connectivity index (χ0v) is 10.9. The summed E-state index contributed by atoms with van der Waals surface area (Å²) < 4.78 is 31.1. The molecule has 0 aliphatic rings. The Labute approximate surface area is 103 Å². The van der Waals surface area contributed by atoms with Crippen LogP contribution in [0.2, 0.25) is 0 Å². The number of nitrogens with zero attached hydrogens (tertiary/aromatic N) is 1. The minimum Gasteiger partial charge on any atom is -0.323 e. The molecule has 0 bridgehead atoms. The number of aryl methyl sites for hydroxylation is 1. The topological polar surface area (TPSA) is 65.6 Å². The summed E-state index contributed by atoms with van der Waals surface area (Å²) in [5.41, 5.74) is 0.823. The van der Waals surface area contributed by atoms with Crippen molar-refractivity contribution in [3.8, 4) is 0 Å². The first-order chi connectivity index (χ1) is 7.43. The second-order valence-electron chi connectivity index (χ2n) is 3.26. The molecule has 0 aliphatic heterocycles. The van der Waals surface area contributed by atoms with Gasteiger partial charge in [0.1, 0.15) is 10.9 Å². The van der Waals surface area contributed by atoms with Crippen molar-refractivity contribution in [1.82, 2.24) is 4.57 Å². The van der Waals surface area contributed by atoms with Gasteiger partial charge in [-0.15, -0.1) is 11.3 Å². The normalized spacial score (nSPS) is 13.2. The van der Waals surface area contributed by atoms with Crippen molar-refractivity contribution < 1.29 is 13.7 Å². The summed E-state index contributed by atoms with van der Waals surface area (Å²) in [6.07, 6.45) is 0. The molecular formula is C9H11NO3S3. The zero-order chi connectivity index (χ0) is 11.9. The molecule has 0 saturated heterocycles. The van der Waals surface area contributed by atoms with Gasteiger partial charge in [0.05, 0.1) is 15.1 Å². The molecule has 2 aromatic rings. The lowest BCUT2D eigenvalue weighted by molar-refractivity contribution is 0.376. The number of rotatable bonds is 2. The molecule has 2 rings (SSSR count). The average Bonchev–Trinajstić information content (AvgIpc) is 2.50. The molecule has 7 heteroatoms. The van der Waals surface area contributed by atoms with E-state index in [9.17, 15) is 13.7 Å². The number of hydrogen-bond donors (Lipinski definition) is 3. The minimum absolute atomic E-state index is 0.120. The van der Waals surface area contributed by atoms with E-state index in [1.54, 1.807) is 12.1 Å². The summed E-state index contributed by atoms with van der Waals surface area (Å²) in [4.78, 5) is 0.120. The van der Waals surface area contributed by atoms with Crippen LogP contribution in [0.15, 0.2) is 23.1 Å². The molecule has 16 heavy (non-hydrogen) atoms. The summed E-state index contributed by atoms with van der Waals surface area (Å²) in [6, 6.07) is 4.81. The van der Waals surface area contributed by atoms with Gasteiger partial charge < -0.3 is 18.2 Å². The summed E-state index contributed by atoms with van der Waals surface area (Å²) in [7, 11) is -3.65. The summed E-state index contributed by atoms with van der Waals surface area (Å²) in [5.74, 6) is 0. The molecule has 1 aromatic heterocycles. The van der Waals surface area contributed by atoms with E-state index in [0.717, 1.165) is 14.2 Å². The molecule has 0 unspecified atom stereocenters. The maximum atomic E-state index is 9.18. The Morgan fingerprint density at radius 2 is 2.06 bits per heavy atom. The monoisotopic (exact) mass is 277 g/mol. The Morgan fingerprint density at radius 1 is 1.38 bits per heavy atom. The van der Waals surface area contributed by atoms with Gasteiger partial charge in [-0.05, 0) is 37.3 Å². The van der Waals surface area contributed by atoms with Crippen molar-refractivity contribution in [3.05, 3.63) is 22.2 Å². The molecule has 0 saturated carbocycles. The molecule has 0 aliphatic carbocycles. The second-order valence-corrected chi connectivity index (χ2v) is 6.45. The summed E-state index contributed by atoms with van der Waals surface area (Å²) >= 11 is 6.65. The van der Waals surface area contributed by atoms with Gasteiger partial charge in [0.25, 0.3) is 0 Å². The van der Waals surface area contributed by atoms with E-state index in [1.165, 1.54) is 17.4 Å². The van der Waals surface area contributed by atoms with E-state index >= 15 is 0 Å². The van der Waals surface area contributed by atoms with Crippen molar-refractivity contribution in [2.45, 2.75) is 18.4 Å². The molecule has 3 N–H and O–H groups in total. The molecule has 4 nitrogen and oxygen atoms in total. The predicted octanol–water partition coefficient (Wildman–Crippen LogP) is 4.03. The Kier molecular flexibility index (Phi) is 3.08. The van der Waals surface area contributed by atoms with Crippen molar-refractivity contribution in [2.24, 2.45) is 0 Å². The smallest absolute Gasteiger partial charge is 0.162 e. The van der Waals surface area contributed by atoms with Crippen LogP contribution in [-0.4, -0.2) is 18.2 Å². The number of hydrogen-bond acceptors (Lipinski definition) is 5. The highest BCUT2D eigenvalue weighted by molar-refractivity contribution is 8.19. The quantitative estimate of drug-likeness (QED) is 0.725. The Hall–Kier alpha value is -0.440. The lowest BCUT2D eigenvalue weighted by Crippen LogP contribution is -1.97. The van der Waals surface area contributed by atoms with E-state index in [-0.39, 0.29) is 4.90 Å². The van der Waals surface area contributed by atoms with Crippen LogP contribution in [0, 0.1) is 3.95 Å². The summed E-state index contributed by atoms with van der Waals surface area (Å²) in [6.45, 7) is 2.68. The van der Waals surface area contributed by atoms with Crippen molar-refractivity contribution >= 4 is 44.6 Å². The van der Waals surface area contributed by atoms with Gasteiger partial charge in [0, 0.05) is 6.54 Å². The number of fused-ring (bicyclic) bond motifs is 1. The first-order valence-electron chi connectivity index (χ1n) is 4.57. The van der Waals surface area contributed by atoms with Gasteiger partial charge in [-0.1, -0.05) is 0 Å². The van der Waals surface area contributed by atoms with Gasteiger partial charge in [-0.3, -0.25) is 0 Å². The third kappa shape index (κ3) is 2.02. The van der Waals surface area contributed by atoms with Crippen LogP contribution in [0.5, 0.6) is 0 Å². The fourth-order valence-electron chi connectivity index (χ4n) is 1.51. The van der Waals surface area contributed by atoms with Crippen molar-refractivity contribution in [2.75, 3.05) is 0 Å². The minimum atomic E-state index is -3.65. The molecule has 88 valence electrons. The summed E-state index contributed by atoms with van der Waals surface area (Å²) in [5, 5.41) is 0. The molecule has 1 aromatic carbocycles. The number of aromatic nitrogens is 1. The van der Waals surface area contributed by atoms with Crippen LogP contribution < -0.4 is 0 Å². The number of thiazole rings is 1. The lowest BCUT2D eigenvalue weighted by Gasteiger charge is -2.19. The molecule has 0 spiro atoms. The van der Waals surface area contributed by atoms with E-state index in [4.69, 9.17) is 12.2 Å². The van der Waals surface area contributed by atoms with E-state index < -0.39 is 10.9 Å². The maximum Gasteiger partial charge on any atom is 0.162 e. The third-order valence-electron chi connectivity index (χ3n) is 2.27. The fourth-order valence-corrected chi connectivity index (χ4v) is 3.46. The predicted molar refractivity (Wildman–Crippen MR) is 70.1 cm³/mol. The van der Waals surface area contributed by atoms with E-state index in [1.807, 2.05) is 11.5 Å². The van der Waals surface area contributed by atoms with Crippen LogP contribution >= 0.6 is 34.4 Å². The van der Waals surface area contributed by atoms with Crippen LogP contribution in [-0.2, 0) is 6.54 Å². The lowest BCUT2D eigenvalue weighted by atomic mass is 10.3. The average molecular weight is 277 g/mol. The number of benzene rings is 1. The highest BCUT2D eigenvalue weighted by Gasteiger charge is 2.17. The first kappa shape index (κ1) is 12.0. The molecule has 0 radical (unpaired) electrons. The van der Waals surface area contributed by atoms with Gasteiger partial charge in [-0.25, -0.2) is 0 Å². The van der Waals surface area contributed by atoms with Crippen LogP contribution in [0.3, 0.4) is 0 Å². The van der Waals surface area contributed by atoms with Crippen LogP contribution in [0.25, 0.3) is 10.2 Å². The van der Waals surface area contributed by atoms with E-state index in [0.29, 0.717) is 6.54 Å². The standard InChI is InChI=1S/C9H11NO3S3/c1-2-10-7-5-6(16(11,12)13)3-4-8(7)15-9(10)14/h3-5,11-13H,2H2,1H3.